The van der Waals surface area contributed by atoms with E-state index in [1.54, 1.807) is 0 Å². The number of likely N-dealkylation sites (tertiary alicyclic amines) is 1. The molecular weight excluding hydrogens is 184 g/mol. The van der Waals surface area contributed by atoms with Gasteiger partial charge in [-0.1, -0.05) is 20.3 Å². The second-order valence-corrected chi connectivity index (χ2v) is 5.77. The summed E-state index contributed by atoms with van der Waals surface area (Å²) >= 11 is 0. The van der Waals surface area contributed by atoms with Crippen molar-refractivity contribution in [3.05, 3.63) is 0 Å². The van der Waals surface area contributed by atoms with Gasteiger partial charge in [-0.05, 0) is 44.2 Å². The van der Waals surface area contributed by atoms with Crippen molar-refractivity contribution >= 4 is 0 Å². The third kappa shape index (κ3) is 3.46. The molecule has 0 amide bonds. The molecule has 2 nitrogen and oxygen atoms in total. The van der Waals surface area contributed by atoms with Crippen LogP contribution < -0.4 is 5.32 Å². The average Bonchev–Trinajstić information content (AvgIpc) is 2.56. The molecule has 0 bridgehead atoms. The lowest BCUT2D eigenvalue weighted by Crippen LogP contribution is -2.33. The Morgan fingerprint density at radius 2 is 2.00 bits per heavy atom. The summed E-state index contributed by atoms with van der Waals surface area (Å²) in [6.45, 7) is 9.77. The van der Waals surface area contributed by atoms with Crippen molar-refractivity contribution in [3.8, 4) is 0 Å². The van der Waals surface area contributed by atoms with Crippen LogP contribution in [0, 0.1) is 11.8 Å². The van der Waals surface area contributed by atoms with Crippen LogP contribution in [-0.4, -0.2) is 37.1 Å². The van der Waals surface area contributed by atoms with Gasteiger partial charge < -0.3 is 10.2 Å². The molecule has 1 aliphatic carbocycles. The summed E-state index contributed by atoms with van der Waals surface area (Å²) in [5.74, 6) is 1.95. The lowest BCUT2D eigenvalue weighted by molar-refractivity contribution is 0.200. The fourth-order valence-electron chi connectivity index (χ4n) is 2.69. The molecular formula is C13H26N2. The van der Waals surface area contributed by atoms with E-state index < -0.39 is 0 Å². The van der Waals surface area contributed by atoms with Crippen LogP contribution in [0.25, 0.3) is 0 Å². The van der Waals surface area contributed by atoms with E-state index in [4.69, 9.17) is 0 Å². The molecule has 1 aliphatic heterocycles. The van der Waals surface area contributed by atoms with Crippen molar-refractivity contribution in [1.82, 2.24) is 10.2 Å². The van der Waals surface area contributed by atoms with Gasteiger partial charge in [-0.2, -0.15) is 0 Å². The summed E-state index contributed by atoms with van der Waals surface area (Å²) in [6, 6.07) is 0.644. The molecule has 15 heavy (non-hydrogen) atoms. The highest BCUT2D eigenvalue weighted by molar-refractivity contribution is 4.81. The second kappa shape index (κ2) is 5.31. The third-order valence-electron chi connectivity index (χ3n) is 3.93. The quantitative estimate of drug-likeness (QED) is 0.747. The Morgan fingerprint density at radius 1 is 1.20 bits per heavy atom. The van der Waals surface area contributed by atoms with Gasteiger partial charge in [0.2, 0.25) is 0 Å². The predicted octanol–water partition coefficient (Wildman–Crippen LogP) is 2.11. The molecule has 1 atom stereocenters. The molecule has 0 aromatic carbocycles. The molecule has 2 fully saturated rings. The standard InChI is InChI=1S/C13H26N2/c1-11(2)14-8-13-6-7-15(10-13)9-12-4-3-5-12/h11-14H,3-10H2,1-2H3. The highest BCUT2D eigenvalue weighted by Gasteiger charge is 2.26. The van der Waals surface area contributed by atoms with E-state index in [1.807, 2.05) is 0 Å². The number of nitrogens with zero attached hydrogens (tertiary/aromatic N) is 1. The Hall–Kier alpha value is -0.0800. The molecule has 1 saturated carbocycles. The molecule has 88 valence electrons. The maximum absolute atomic E-state index is 3.56. The van der Waals surface area contributed by atoms with E-state index in [9.17, 15) is 0 Å². The normalized spacial score (nSPS) is 28.6. The molecule has 2 heteroatoms. The monoisotopic (exact) mass is 210 g/mol. The van der Waals surface area contributed by atoms with Gasteiger partial charge in [-0.15, -0.1) is 0 Å². The summed E-state index contributed by atoms with van der Waals surface area (Å²) in [5.41, 5.74) is 0. The highest BCUT2D eigenvalue weighted by atomic mass is 15.2. The van der Waals surface area contributed by atoms with E-state index >= 15 is 0 Å². The predicted molar refractivity (Wildman–Crippen MR) is 65.0 cm³/mol. The van der Waals surface area contributed by atoms with Gasteiger partial charge in [-0.3, -0.25) is 0 Å². The highest BCUT2D eigenvalue weighted by Crippen LogP contribution is 2.28. The van der Waals surface area contributed by atoms with Crippen LogP contribution >= 0.6 is 0 Å². The molecule has 2 aliphatic rings. The first kappa shape index (κ1) is 11.4. The van der Waals surface area contributed by atoms with Crippen LogP contribution in [0.15, 0.2) is 0 Å². The Bertz CT molecular complexity index is 187. The van der Waals surface area contributed by atoms with Gasteiger partial charge >= 0.3 is 0 Å². The molecule has 2 rings (SSSR count). The maximum Gasteiger partial charge on any atom is 0.00224 e. The smallest absolute Gasteiger partial charge is 0.00224 e. The zero-order valence-electron chi connectivity index (χ0n) is 10.3. The van der Waals surface area contributed by atoms with Crippen molar-refractivity contribution in [3.63, 3.8) is 0 Å². The van der Waals surface area contributed by atoms with Gasteiger partial charge in [0.1, 0.15) is 0 Å². The minimum atomic E-state index is 0.644. The van der Waals surface area contributed by atoms with E-state index in [0.29, 0.717) is 6.04 Å². The zero-order chi connectivity index (χ0) is 10.7. The molecule has 0 aromatic heterocycles. The SMILES string of the molecule is CC(C)NCC1CCN(CC2CCC2)C1. The molecule has 0 aromatic rings. The Kier molecular flexibility index (Phi) is 4.04. The minimum absolute atomic E-state index is 0.644. The van der Waals surface area contributed by atoms with Gasteiger partial charge in [0.25, 0.3) is 0 Å². The van der Waals surface area contributed by atoms with E-state index in [1.165, 1.54) is 51.9 Å². The molecule has 0 spiro atoms. The van der Waals surface area contributed by atoms with E-state index in [-0.39, 0.29) is 0 Å². The van der Waals surface area contributed by atoms with E-state index in [2.05, 4.69) is 24.1 Å². The van der Waals surface area contributed by atoms with Gasteiger partial charge in [0, 0.05) is 19.1 Å². The Balaban J connectivity index is 1.60. The fraction of sp³-hybridized carbons (Fsp3) is 1.00. The molecule has 0 radical (unpaired) electrons. The first-order valence-electron chi connectivity index (χ1n) is 6.70. The zero-order valence-corrected chi connectivity index (χ0v) is 10.3. The van der Waals surface area contributed by atoms with Crippen molar-refractivity contribution in [2.24, 2.45) is 11.8 Å². The summed E-state index contributed by atoms with van der Waals surface area (Å²) in [4.78, 5) is 2.69. The topological polar surface area (TPSA) is 15.3 Å². The van der Waals surface area contributed by atoms with Crippen molar-refractivity contribution in [1.29, 1.82) is 0 Å². The van der Waals surface area contributed by atoms with Crippen molar-refractivity contribution < 1.29 is 0 Å². The van der Waals surface area contributed by atoms with Crippen LogP contribution in [-0.2, 0) is 0 Å². The number of hydrogen-bond donors (Lipinski definition) is 1. The van der Waals surface area contributed by atoms with E-state index in [0.717, 1.165) is 11.8 Å². The van der Waals surface area contributed by atoms with Crippen molar-refractivity contribution in [2.45, 2.75) is 45.6 Å². The first-order valence-corrected chi connectivity index (χ1v) is 6.70. The van der Waals surface area contributed by atoms with Crippen LogP contribution in [0.5, 0.6) is 0 Å². The summed E-state index contributed by atoms with van der Waals surface area (Å²) < 4.78 is 0. The van der Waals surface area contributed by atoms with Gasteiger partial charge in [0.15, 0.2) is 0 Å². The maximum atomic E-state index is 3.56. The van der Waals surface area contributed by atoms with Gasteiger partial charge in [0.05, 0.1) is 0 Å². The molecule has 1 N–H and O–H groups in total. The van der Waals surface area contributed by atoms with Crippen LogP contribution in [0.4, 0.5) is 0 Å². The Labute approximate surface area is 94.4 Å². The Morgan fingerprint density at radius 3 is 2.60 bits per heavy atom. The van der Waals surface area contributed by atoms with Gasteiger partial charge in [-0.25, -0.2) is 0 Å². The minimum Gasteiger partial charge on any atom is -0.314 e. The molecule has 1 unspecified atom stereocenters. The third-order valence-corrected chi connectivity index (χ3v) is 3.93. The summed E-state index contributed by atoms with van der Waals surface area (Å²) in [5, 5.41) is 3.56. The summed E-state index contributed by atoms with van der Waals surface area (Å²) in [6.07, 6.45) is 5.88. The van der Waals surface area contributed by atoms with Crippen LogP contribution in [0.3, 0.4) is 0 Å². The fourth-order valence-corrected chi connectivity index (χ4v) is 2.69. The largest absolute Gasteiger partial charge is 0.314 e. The molecule has 1 heterocycles. The lowest BCUT2D eigenvalue weighted by atomic mass is 9.85. The number of hydrogen-bond acceptors (Lipinski definition) is 2. The average molecular weight is 210 g/mol. The second-order valence-electron chi connectivity index (χ2n) is 5.77. The van der Waals surface area contributed by atoms with Crippen LogP contribution in [0.2, 0.25) is 0 Å². The molecule has 1 saturated heterocycles. The number of nitrogens with one attached hydrogen (secondary N) is 1. The van der Waals surface area contributed by atoms with Crippen molar-refractivity contribution in [2.75, 3.05) is 26.2 Å². The lowest BCUT2D eigenvalue weighted by Gasteiger charge is -2.30. The number of rotatable bonds is 5. The first-order chi connectivity index (χ1) is 7.24. The summed E-state index contributed by atoms with van der Waals surface area (Å²) in [7, 11) is 0. The van der Waals surface area contributed by atoms with Crippen LogP contribution in [0.1, 0.15) is 39.5 Å².